The molecular weight excluding hydrogens is 262 g/mol. The number of aryl methyl sites for hydroxylation is 2. The van der Waals surface area contributed by atoms with E-state index in [9.17, 15) is 5.11 Å². The maximum atomic E-state index is 10.0. The second kappa shape index (κ2) is 5.98. The van der Waals surface area contributed by atoms with Crippen LogP contribution in [0.5, 0.6) is 5.75 Å². The van der Waals surface area contributed by atoms with Gasteiger partial charge in [-0.3, -0.25) is 0 Å². The minimum Gasteiger partial charge on any atom is -0.491 e. The molecule has 1 aromatic rings. The van der Waals surface area contributed by atoms with E-state index in [2.05, 4.69) is 25.2 Å². The zero-order valence-electron chi connectivity index (χ0n) is 13.2. The van der Waals surface area contributed by atoms with Gasteiger partial charge in [0, 0.05) is 13.1 Å². The van der Waals surface area contributed by atoms with E-state index in [0.29, 0.717) is 18.6 Å². The third-order valence-electron chi connectivity index (χ3n) is 4.83. The van der Waals surface area contributed by atoms with Crippen LogP contribution < -0.4 is 10.1 Å². The summed E-state index contributed by atoms with van der Waals surface area (Å²) in [7, 11) is 0. The molecule has 1 aromatic carbocycles. The van der Waals surface area contributed by atoms with Crippen LogP contribution >= 0.6 is 0 Å². The van der Waals surface area contributed by atoms with Crippen molar-refractivity contribution in [3.63, 3.8) is 0 Å². The average molecular weight is 289 g/mol. The minimum absolute atomic E-state index is 0.353. The molecule has 0 radical (unpaired) electrons. The van der Waals surface area contributed by atoms with E-state index in [4.69, 9.17) is 4.74 Å². The second-order valence-corrected chi connectivity index (χ2v) is 7.06. The van der Waals surface area contributed by atoms with Crippen molar-refractivity contribution >= 4 is 0 Å². The Balaban J connectivity index is 1.37. The first-order valence-electron chi connectivity index (χ1n) is 8.17. The molecule has 1 unspecified atom stereocenters. The molecule has 2 N–H and O–H groups in total. The number of aliphatic hydroxyl groups excluding tert-OH is 1. The number of aliphatic hydroxyl groups is 1. The lowest BCUT2D eigenvalue weighted by atomic mass is 10.0. The largest absolute Gasteiger partial charge is 0.491 e. The van der Waals surface area contributed by atoms with Gasteiger partial charge in [0.15, 0.2) is 0 Å². The first kappa shape index (κ1) is 14.9. The molecule has 0 aliphatic heterocycles. The number of benzene rings is 1. The fourth-order valence-electron chi connectivity index (χ4n) is 3.34. The third kappa shape index (κ3) is 3.98. The summed E-state index contributed by atoms with van der Waals surface area (Å²) in [6.07, 6.45) is 5.14. The molecule has 3 heteroatoms. The van der Waals surface area contributed by atoms with Gasteiger partial charge in [-0.15, -0.1) is 0 Å². The van der Waals surface area contributed by atoms with Crippen LogP contribution in [-0.2, 0) is 0 Å². The van der Waals surface area contributed by atoms with Gasteiger partial charge in [-0.2, -0.15) is 0 Å². The Morgan fingerprint density at radius 2 is 1.90 bits per heavy atom. The smallest absolute Gasteiger partial charge is 0.119 e. The van der Waals surface area contributed by atoms with Gasteiger partial charge < -0.3 is 15.2 Å². The number of ether oxygens (including phenoxy) is 1. The zero-order chi connectivity index (χ0) is 14.9. The molecule has 21 heavy (non-hydrogen) atoms. The van der Waals surface area contributed by atoms with Crippen molar-refractivity contribution in [2.75, 3.05) is 19.7 Å². The van der Waals surface area contributed by atoms with Gasteiger partial charge in [0.25, 0.3) is 0 Å². The average Bonchev–Trinajstić information content (AvgIpc) is 3.27. The molecule has 0 saturated heterocycles. The SMILES string of the molecule is Cc1cc(C)cc(OCC(O)CNCC2(C3CC3)CC2)c1. The standard InChI is InChI=1S/C18H27NO2/c1-13-7-14(2)9-17(8-13)21-11-16(20)10-19-12-18(5-6-18)15-3-4-15/h7-9,15-16,19-20H,3-6,10-12H2,1-2H3. The molecule has 0 aromatic heterocycles. The van der Waals surface area contributed by atoms with Gasteiger partial charge in [-0.05, 0) is 74.1 Å². The highest BCUT2D eigenvalue weighted by Crippen LogP contribution is 2.60. The Hall–Kier alpha value is -1.06. The normalized spacial score (nSPS) is 21.1. The summed E-state index contributed by atoms with van der Waals surface area (Å²) in [6, 6.07) is 6.15. The molecule has 0 amide bonds. The predicted octanol–water partition coefficient (Wildman–Crippen LogP) is 2.82. The van der Waals surface area contributed by atoms with Gasteiger partial charge in [0.2, 0.25) is 0 Å². The highest BCUT2D eigenvalue weighted by atomic mass is 16.5. The van der Waals surface area contributed by atoms with Gasteiger partial charge in [-0.25, -0.2) is 0 Å². The Bertz CT molecular complexity index is 472. The van der Waals surface area contributed by atoms with Crippen molar-refractivity contribution in [3.8, 4) is 5.75 Å². The number of hydrogen-bond acceptors (Lipinski definition) is 3. The molecule has 2 saturated carbocycles. The molecular formula is C18H27NO2. The van der Waals surface area contributed by atoms with Gasteiger partial charge >= 0.3 is 0 Å². The molecule has 0 spiro atoms. The molecule has 3 rings (SSSR count). The van der Waals surface area contributed by atoms with Crippen molar-refractivity contribution in [2.24, 2.45) is 11.3 Å². The lowest BCUT2D eigenvalue weighted by Crippen LogP contribution is -2.35. The number of hydrogen-bond donors (Lipinski definition) is 2. The fraction of sp³-hybridized carbons (Fsp3) is 0.667. The Kier molecular flexibility index (Phi) is 4.23. The van der Waals surface area contributed by atoms with Crippen molar-refractivity contribution in [2.45, 2.75) is 45.6 Å². The van der Waals surface area contributed by atoms with Crippen LogP contribution in [0, 0.1) is 25.2 Å². The molecule has 3 nitrogen and oxygen atoms in total. The predicted molar refractivity (Wildman–Crippen MR) is 84.7 cm³/mol. The van der Waals surface area contributed by atoms with Crippen LogP contribution in [0.15, 0.2) is 18.2 Å². The molecule has 0 bridgehead atoms. The summed E-state index contributed by atoms with van der Waals surface area (Å²) in [6.45, 7) is 6.17. The maximum absolute atomic E-state index is 10.0. The lowest BCUT2D eigenvalue weighted by molar-refractivity contribution is 0.104. The van der Waals surface area contributed by atoms with Crippen molar-refractivity contribution in [1.82, 2.24) is 5.32 Å². The maximum Gasteiger partial charge on any atom is 0.119 e. The quantitative estimate of drug-likeness (QED) is 0.773. The molecule has 1 atom stereocenters. The molecule has 116 valence electrons. The summed E-state index contributed by atoms with van der Waals surface area (Å²) in [5, 5.41) is 13.5. The Labute approximate surface area is 127 Å². The topological polar surface area (TPSA) is 41.5 Å². The van der Waals surface area contributed by atoms with Crippen LogP contribution in [0.3, 0.4) is 0 Å². The highest BCUT2D eigenvalue weighted by Gasteiger charge is 2.53. The molecule has 2 aliphatic carbocycles. The van der Waals surface area contributed by atoms with Gasteiger partial charge in [0.1, 0.15) is 18.5 Å². The first-order chi connectivity index (χ1) is 10.1. The molecule has 2 aliphatic rings. The van der Waals surface area contributed by atoms with Crippen LogP contribution in [0.25, 0.3) is 0 Å². The lowest BCUT2D eigenvalue weighted by Gasteiger charge is -2.18. The molecule has 2 fully saturated rings. The van der Waals surface area contributed by atoms with Gasteiger partial charge in [-0.1, -0.05) is 6.07 Å². The summed E-state index contributed by atoms with van der Waals surface area (Å²) in [5.74, 6) is 1.82. The summed E-state index contributed by atoms with van der Waals surface area (Å²) in [5.41, 5.74) is 2.98. The number of rotatable bonds is 8. The zero-order valence-corrected chi connectivity index (χ0v) is 13.2. The van der Waals surface area contributed by atoms with E-state index in [1.54, 1.807) is 0 Å². The van der Waals surface area contributed by atoms with Crippen molar-refractivity contribution in [3.05, 3.63) is 29.3 Å². The number of nitrogens with one attached hydrogen (secondary N) is 1. The van der Waals surface area contributed by atoms with E-state index in [1.807, 2.05) is 12.1 Å². The van der Waals surface area contributed by atoms with E-state index < -0.39 is 6.10 Å². The van der Waals surface area contributed by atoms with Crippen LogP contribution in [-0.4, -0.2) is 30.9 Å². The van der Waals surface area contributed by atoms with Crippen LogP contribution in [0.4, 0.5) is 0 Å². The summed E-state index contributed by atoms with van der Waals surface area (Å²) >= 11 is 0. The fourth-order valence-corrected chi connectivity index (χ4v) is 3.34. The second-order valence-electron chi connectivity index (χ2n) is 7.06. The van der Waals surface area contributed by atoms with Gasteiger partial charge in [0.05, 0.1) is 0 Å². The molecule has 0 heterocycles. The third-order valence-corrected chi connectivity index (χ3v) is 4.83. The Morgan fingerprint density at radius 3 is 2.48 bits per heavy atom. The van der Waals surface area contributed by atoms with Crippen LogP contribution in [0.1, 0.15) is 36.8 Å². The Morgan fingerprint density at radius 1 is 1.24 bits per heavy atom. The van der Waals surface area contributed by atoms with Crippen molar-refractivity contribution < 1.29 is 9.84 Å². The summed E-state index contributed by atoms with van der Waals surface area (Å²) < 4.78 is 5.70. The van der Waals surface area contributed by atoms with E-state index in [1.165, 1.54) is 36.8 Å². The van der Waals surface area contributed by atoms with Crippen molar-refractivity contribution in [1.29, 1.82) is 0 Å². The van der Waals surface area contributed by atoms with E-state index in [-0.39, 0.29) is 0 Å². The summed E-state index contributed by atoms with van der Waals surface area (Å²) in [4.78, 5) is 0. The van der Waals surface area contributed by atoms with E-state index >= 15 is 0 Å². The monoisotopic (exact) mass is 289 g/mol. The first-order valence-corrected chi connectivity index (χ1v) is 8.17. The minimum atomic E-state index is -0.444. The van der Waals surface area contributed by atoms with Crippen LogP contribution in [0.2, 0.25) is 0 Å². The highest BCUT2D eigenvalue weighted by molar-refractivity contribution is 5.32. The van der Waals surface area contributed by atoms with E-state index in [0.717, 1.165) is 18.2 Å².